The largest absolute Gasteiger partial charge is 0.479 e. The van der Waals surface area contributed by atoms with Crippen LogP contribution in [0.4, 0.5) is 0 Å². The number of carboxylic acids is 1. The summed E-state index contributed by atoms with van der Waals surface area (Å²) < 4.78 is 10.2. The van der Waals surface area contributed by atoms with Gasteiger partial charge in [0.25, 0.3) is 0 Å². The summed E-state index contributed by atoms with van der Waals surface area (Å²) in [6.45, 7) is 6.70. The molecule has 0 aliphatic carbocycles. The van der Waals surface area contributed by atoms with E-state index in [2.05, 4.69) is 5.32 Å². The van der Waals surface area contributed by atoms with Crippen LogP contribution in [0.1, 0.15) is 29.7 Å². The predicted octanol–water partition coefficient (Wildman–Crippen LogP) is 1.60. The second-order valence-corrected chi connectivity index (χ2v) is 4.88. The summed E-state index contributed by atoms with van der Waals surface area (Å²) in [4.78, 5) is 23.3. The normalized spacial score (nSPS) is 12.0. The number of nitrogens with one attached hydrogen (secondary N) is 1. The van der Waals surface area contributed by atoms with Gasteiger partial charge in [0.2, 0.25) is 5.91 Å². The Morgan fingerprint density at radius 2 is 1.91 bits per heavy atom. The van der Waals surface area contributed by atoms with E-state index in [9.17, 15) is 14.7 Å². The van der Waals surface area contributed by atoms with Crippen LogP contribution in [0.15, 0.2) is 18.2 Å². The Morgan fingerprint density at radius 1 is 1.23 bits per heavy atom. The van der Waals surface area contributed by atoms with Crippen LogP contribution in [0, 0.1) is 13.8 Å². The van der Waals surface area contributed by atoms with Crippen molar-refractivity contribution in [2.24, 2.45) is 0 Å². The van der Waals surface area contributed by atoms with Crippen LogP contribution in [0.2, 0.25) is 0 Å². The van der Waals surface area contributed by atoms with Gasteiger partial charge in [-0.3, -0.25) is 4.79 Å². The van der Waals surface area contributed by atoms with Crippen LogP contribution in [0.25, 0.3) is 0 Å². The van der Waals surface area contributed by atoms with Crippen molar-refractivity contribution in [2.75, 3.05) is 26.4 Å². The van der Waals surface area contributed by atoms with Crippen molar-refractivity contribution >= 4 is 11.9 Å². The highest BCUT2D eigenvalue weighted by atomic mass is 16.5. The SMILES string of the molecule is CCOCCOCC(=O)NC(C(=O)O)c1cccc(C)c1C. The Morgan fingerprint density at radius 3 is 2.55 bits per heavy atom. The van der Waals surface area contributed by atoms with E-state index in [-0.39, 0.29) is 6.61 Å². The topological polar surface area (TPSA) is 84.9 Å². The number of ether oxygens (including phenoxy) is 2. The van der Waals surface area contributed by atoms with Gasteiger partial charge in [-0.2, -0.15) is 0 Å². The Labute approximate surface area is 130 Å². The molecular weight excluding hydrogens is 286 g/mol. The van der Waals surface area contributed by atoms with E-state index in [0.717, 1.165) is 11.1 Å². The Balaban J connectivity index is 2.63. The van der Waals surface area contributed by atoms with Crippen LogP contribution in [-0.2, 0) is 19.1 Å². The lowest BCUT2D eigenvalue weighted by Crippen LogP contribution is -2.36. The molecule has 1 atom stereocenters. The van der Waals surface area contributed by atoms with Gasteiger partial charge in [-0.1, -0.05) is 18.2 Å². The summed E-state index contributed by atoms with van der Waals surface area (Å²) in [5, 5.41) is 11.8. The zero-order valence-corrected chi connectivity index (χ0v) is 13.2. The second kappa shape index (κ2) is 9.17. The molecule has 0 aromatic heterocycles. The Hall–Kier alpha value is -1.92. The third-order valence-corrected chi connectivity index (χ3v) is 3.32. The fourth-order valence-electron chi connectivity index (χ4n) is 1.99. The average molecular weight is 309 g/mol. The summed E-state index contributed by atoms with van der Waals surface area (Å²) in [5.41, 5.74) is 2.41. The van der Waals surface area contributed by atoms with Crippen molar-refractivity contribution in [1.82, 2.24) is 5.32 Å². The first-order chi connectivity index (χ1) is 10.5. The molecule has 22 heavy (non-hydrogen) atoms. The monoisotopic (exact) mass is 309 g/mol. The number of aliphatic carboxylic acids is 1. The Bertz CT molecular complexity index is 515. The van der Waals surface area contributed by atoms with Crippen LogP contribution < -0.4 is 5.32 Å². The number of rotatable bonds is 9. The predicted molar refractivity (Wildman–Crippen MR) is 81.7 cm³/mol. The van der Waals surface area contributed by atoms with Gasteiger partial charge in [0.1, 0.15) is 6.61 Å². The third-order valence-electron chi connectivity index (χ3n) is 3.32. The lowest BCUT2D eigenvalue weighted by Gasteiger charge is -2.18. The standard InChI is InChI=1S/C16H23NO5/c1-4-21-8-9-22-10-14(18)17-15(16(19)20)13-7-5-6-11(2)12(13)3/h5-7,15H,4,8-10H2,1-3H3,(H,17,18)(H,19,20). The number of carbonyl (C=O) groups is 2. The maximum atomic E-state index is 11.8. The maximum absolute atomic E-state index is 11.8. The smallest absolute Gasteiger partial charge is 0.330 e. The minimum Gasteiger partial charge on any atom is -0.479 e. The highest BCUT2D eigenvalue weighted by molar-refractivity contribution is 5.85. The average Bonchev–Trinajstić information content (AvgIpc) is 2.47. The molecule has 0 saturated carbocycles. The number of hydrogen-bond donors (Lipinski definition) is 2. The molecule has 1 amide bonds. The first kappa shape index (κ1) is 18.1. The van der Waals surface area contributed by atoms with Crippen molar-refractivity contribution in [3.63, 3.8) is 0 Å². The molecule has 0 radical (unpaired) electrons. The van der Waals surface area contributed by atoms with Crippen LogP contribution >= 0.6 is 0 Å². The van der Waals surface area contributed by atoms with E-state index in [1.807, 2.05) is 26.8 Å². The first-order valence-electron chi connectivity index (χ1n) is 7.21. The van der Waals surface area contributed by atoms with E-state index < -0.39 is 17.9 Å². The lowest BCUT2D eigenvalue weighted by molar-refractivity contribution is -0.142. The van der Waals surface area contributed by atoms with Gasteiger partial charge in [-0.05, 0) is 37.5 Å². The number of carbonyl (C=O) groups excluding carboxylic acids is 1. The van der Waals surface area contributed by atoms with E-state index in [1.54, 1.807) is 12.1 Å². The Kier molecular flexibility index (Phi) is 7.56. The quantitative estimate of drug-likeness (QED) is 0.677. The molecule has 122 valence electrons. The van der Waals surface area contributed by atoms with Crippen molar-refractivity contribution in [1.29, 1.82) is 0 Å². The third kappa shape index (κ3) is 5.46. The molecule has 0 aliphatic rings. The molecule has 6 heteroatoms. The minimum atomic E-state index is -1.10. The maximum Gasteiger partial charge on any atom is 0.330 e. The van der Waals surface area contributed by atoms with E-state index in [4.69, 9.17) is 9.47 Å². The lowest BCUT2D eigenvalue weighted by atomic mass is 9.97. The second-order valence-electron chi connectivity index (χ2n) is 4.88. The molecular formula is C16H23NO5. The molecule has 1 aromatic rings. The molecule has 1 aromatic carbocycles. The first-order valence-corrected chi connectivity index (χ1v) is 7.21. The summed E-state index contributed by atoms with van der Waals surface area (Å²) in [5.74, 6) is -1.57. The number of benzene rings is 1. The fourth-order valence-corrected chi connectivity index (χ4v) is 1.99. The minimum absolute atomic E-state index is 0.193. The number of aryl methyl sites for hydroxylation is 1. The molecule has 1 rings (SSSR count). The molecule has 0 bridgehead atoms. The van der Waals surface area contributed by atoms with Gasteiger partial charge >= 0.3 is 5.97 Å². The summed E-state index contributed by atoms with van der Waals surface area (Å²) >= 11 is 0. The van der Waals surface area contributed by atoms with E-state index in [0.29, 0.717) is 25.4 Å². The summed E-state index contributed by atoms with van der Waals surface area (Å²) in [6.07, 6.45) is 0. The van der Waals surface area contributed by atoms with Crippen molar-refractivity contribution < 1.29 is 24.2 Å². The highest BCUT2D eigenvalue weighted by Crippen LogP contribution is 2.20. The van der Waals surface area contributed by atoms with Gasteiger partial charge in [0, 0.05) is 6.61 Å². The van der Waals surface area contributed by atoms with Crippen molar-refractivity contribution in [3.8, 4) is 0 Å². The van der Waals surface area contributed by atoms with E-state index >= 15 is 0 Å². The summed E-state index contributed by atoms with van der Waals surface area (Å²) in [6, 6.07) is 4.30. The number of amides is 1. The molecule has 1 unspecified atom stereocenters. The molecule has 0 saturated heterocycles. The highest BCUT2D eigenvalue weighted by Gasteiger charge is 2.24. The molecule has 0 aliphatic heterocycles. The molecule has 6 nitrogen and oxygen atoms in total. The van der Waals surface area contributed by atoms with Gasteiger partial charge < -0.3 is 19.9 Å². The molecule has 0 spiro atoms. The van der Waals surface area contributed by atoms with Gasteiger partial charge in [-0.25, -0.2) is 4.79 Å². The molecule has 2 N–H and O–H groups in total. The van der Waals surface area contributed by atoms with Crippen LogP contribution in [-0.4, -0.2) is 43.4 Å². The van der Waals surface area contributed by atoms with Crippen LogP contribution in [0.3, 0.4) is 0 Å². The number of hydrogen-bond acceptors (Lipinski definition) is 4. The van der Waals surface area contributed by atoms with Crippen LogP contribution in [0.5, 0.6) is 0 Å². The zero-order chi connectivity index (χ0) is 16.5. The van der Waals surface area contributed by atoms with E-state index in [1.165, 1.54) is 0 Å². The summed E-state index contributed by atoms with van der Waals surface area (Å²) in [7, 11) is 0. The van der Waals surface area contributed by atoms with Gasteiger partial charge in [0.05, 0.1) is 13.2 Å². The zero-order valence-electron chi connectivity index (χ0n) is 13.2. The van der Waals surface area contributed by atoms with Crippen molar-refractivity contribution in [2.45, 2.75) is 26.8 Å². The fraction of sp³-hybridized carbons (Fsp3) is 0.500. The van der Waals surface area contributed by atoms with Gasteiger partial charge in [0.15, 0.2) is 6.04 Å². The number of carboxylic acid groups (broad SMARTS) is 1. The van der Waals surface area contributed by atoms with Gasteiger partial charge in [-0.15, -0.1) is 0 Å². The van der Waals surface area contributed by atoms with Crippen molar-refractivity contribution in [3.05, 3.63) is 34.9 Å². The molecule has 0 fully saturated rings. The molecule has 0 heterocycles.